The molecule has 0 saturated heterocycles. The maximum absolute atomic E-state index is 6.33. The molecule has 21 heavy (non-hydrogen) atoms. The van der Waals surface area contributed by atoms with Crippen LogP contribution in [0.1, 0.15) is 24.2 Å². The molecule has 1 unspecified atom stereocenters. The topological polar surface area (TPSA) is 39.1 Å². The van der Waals surface area contributed by atoms with Crippen molar-refractivity contribution in [3.05, 3.63) is 37.2 Å². The molecule has 0 aliphatic carbocycles. The highest BCUT2D eigenvalue weighted by Gasteiger charge is 2.25. The van der Waals surface area contributed by atoms with Gasteiger partial charge >= 0.3 is 0 Å². The molecule has 0 spiro atoms. The zero-order valence-corrected chi connectivity index (χ0v) is 14.8. The molecule has 2 heterocycles. The predicted octanol–water partition coefficient (Wildman–Crippen LogP) is 4.25. The number of methoxy groups -OCH3 is 1. The van der Waals surface area contributed by atoms with Crippen molar-refractivity contribution in [1.82, 2.24) is 15.1 Å². The van der Waals surface area contributed by atoms with Crippen LogP contribution in [0.25, 0.3) is 0 Å². The van der Waals surface area contributed by atoms with E-state index in [-0.39, 0.29) is 6.04 Å². The van der Waals surface area contributed by atoms with E-state index in [9.17, 15) is 0 Å². The molecular weight excluding hydrogens is 353 g/mol. The second-order valence-electron chi connectivity index (χ2n) is 4.36. The first kappa shape index (κ1) is 17.1. The van der Waals surface area contributed by atoms with Gasteiger partial charge in [0.1, 0.15) is 0 Å². The van der Waals surface area contributed by atoms with Gasteiger partial charge in [0, 0.05) is 12.7 Å². The van der Waals surface area contributed by atoms with Gasteiger partial charge in [-0.2, -0.15) is 5.10 Å². The molecule has 2 rings (SSSR count). The van der Waals surface area contributed by atoms with Crippen molar-refractivity contribution >= 4 is 46.1 Å². The minimum atomic E-state index is -0.155. The van der Waals surface area contributed by atoms with Crippen LogP contribution >= 0.6 is 46.1 Å². The summed E-state index contributed by atoms with van der Waals surface area (Å²) in [4.78, 5) is 0. The third-order valence-electron chi connectivity index (χ3n) is 3.02. The van der Waals surface area contributed by atoms with Crippen molar-refractivity contribution in [2.24, 2.45) is 0 Å². The van der Waals surface area contributed by atoms with E-state index in [4.69, 9.17) is 39.5 Å². The number of rotatable bonds is 7. The summed E-state index contributed by atoms with van der Waals surface area (Å²) in [5.41, 5.74) is 1.78. The third kappa shape index (κ3) is 3.92. The van der Waals surface area contributed by atoms with Crippen LogP contribution in [0.2, 0.25) is 13.7 Å². The largest absolute Gasteiger partial charge is 0.383 e. The summed E-state index contributed by atoms with van der Waals surface area (Å²) >= 11 is 20.0. The molecule has 2 aromatic rings. The SMILES string of the molecule is CCNC(c1cc(Cl)sc1Cl)c1c(Cl)cnn1CCOC. The number of thiophene rings is 1. The van der Waals surface area contributed by atoms with Gasteiger partial charge in [-0.25, -0.2) is 0 Å². The first-order valence-electron chi connectivity index (χ1n) is 6.46. The normalized spacial score (nSPS) is 12.8. The summed E-state index contributed by atoms with van der Waals surface area (Å²) in [5, 5.41) is 8.29. The van der Waals surface area contributed by atoms with E-state index < -0.39 is 0 Å². The van der Waals surface area contributed by atoms with Gasteiger partial charge in [-0.3, -0.25) is 4.68 Å². The smallest absolute Gasteiger partial charge is 0.0996 e. The van der Waals surface area contributed by atoms with Crippen LogP contribution in [0.3, 0.4) is 0 Å². The molecule has 0 aromatic carbocycles. The van der Waals surface area contributed by atoms with Crippen LogP contribution in [-0.4, -0.2) is 30.0 Å². The minimum absolute atomic E-state index is 0.155. The molecule has 1 atom stereocenters. The first-order chi connectivity index (χ1) is 10.1. The Kier molecular flexibility index (Phi) is 6.34. The zero-order valence-electron chi connectivity index (χ0n) is 11.7. The number of hydrogen-bond acceptors (Lipinski definition) is 4. The van der Waals surface area contributed by atoms with Crippen LogP contribution in [0.15, 0.2) is 12.3 Å². The Balaban J connectivity index is 2.43. The summed E-state index contributed by atoms with van der Waals surface area (Å²) in [6.07, 6.45) is 1.64. The highest BCUT2D eigenvalue weighted by molar-refractivity contribution is 7.20. The van der Waals surface area contributed by atoms with E-state index >= 15 is 0 Å². The van der Waals surface area contributed by atoms with E-state index in [1.807, 2.05) is 17.7 Å². The summed E-state index contributed by atoms with van der Waals surface area (Å²) in [6.45, 7) is 3.97. The van der Waals surface area contributed by atoms with Crippen molar-refractivity contribution in [3.8, 4) is 0 Å². The molecule has 0 fully saturated rings. The average Bonchev–Trinajstić information content (AvgIpc) is 2.97. The van der Waals surface area contributed by atoms with Crippen molar-refractivity contribution < 1.29 is 4.74 Å². The Bertz CT molecular complexity index is 599. The molecular formula is C13H16Cl3N3OS. The van der Waals surface area contributed by atoms with Gasteiger partial charge in [0.05, 0.1) is 44.8 Å². The number of aromatic nitrogens is 2. The maximum atomic E-state index is 6.33. The van der Waals surface area contributed by atoms with Crippen molar-refractivity contribution in [3.63, 3.8) is 0 Å². The third-order valence-corrected chi connectivity index (χ3v) is 4.83. The van der Waals surface area contributed by atoms with Crippen LogP contribution < -0.4 is 5.32 Å². The quantitative estimate of drug-likeness (QED) is 0.794. The minimum Gasteiger partial charge on any atom is -0.383 e. The van der Waals surface area contributed by atoms with E-state index in [0.717, 1.165) is 17.8 Å². The maximum Gasteiger partial charge on any atom is 0.0996 e. The van der Waals surface area contributed by atoms with Crippen LogP contribution in [-0.2, 0) is 11.3 Å². The molecule has 2 aromatic heterocycles. The zero-order chi connectivity index (χ0) is 15.4. The molecule has 0 aliphatic rings. The summed E-state index contributed by atoms with van der Waals surface area (Å²) in [7, 11) is 1.65. The number of nitrogens with zero attached hydrogens (tertiary/aromatic N) is 2. The van der Waals surface area contributed by atoms with Crippen molar-refractivity contribution in [2.75, 3.05) is 20.3 Å². The molecule has 0 amide bonds. The highest BCUT2D eigenvalue weighted by atomic mass is 35.5. The molecule has 1 N–H and O–H groups in total. The lowest BCUT2D eigenvalue weighted by molar-refractivity contribution is 0.182. The van der Waals surface area contributed by atoms with Crippen LogP contribution in [0.4, 0.5) is 0 Å². The van der Waals surface area contributed by atoms with Crippen LogP contribution in [0, 0.1) is 0 Å². The van der Waals surface area contributed by atoms with Gasteiger partial charge in [-0.15, -0.1) is 11.3 Å². The fourth-order valence-electron chi connectivity index (χ4n) is 2.12. The fourth-order valence-corrected chi connectivity index (χ4v) is 3.91. The molecule has 0 bridgehead atoms. The van der Waals surface area contributed by atoms with E-state index in [1.165, 1.54) is 11.3 Å². The van der Waals surface area contributed by atoms with Gasteiger partial charge in [0.2, 0.25) is 0 Å². The lowest BCUT2D eigenvalue weighted by Gasteiger charge is -2.20. The highest BCUT2D eigenvalue weighted by Crippen LogP contribution is 2.39. The molecule has 0 saturated carbocycles. The molecule has 0 radical (unpaired) electrons. The van der Waals surface area contributed by atoms with Gasteiger partial charge in [-0.1, -0.05) is 41.7 Å². The molecule has 116 valence electrons. The number of ether oxygens (including phenoxy) is 1. The predicted molar refractivity (Wildman–Crippen MR) is 89.0 cm³/mol. The summed E-state index contributed by atoms with van der Waals surface area (Å²) in [5.74, 6) is 0. The van der Waals surface area contributed by atoms with E-state index in [1.54, 1.807) is 13.3 Å². The number of nitrogens with one attached hydrogen (secondary N) is 1. The number of halogens is 3. The Morgan fingerprint density at radius 3 is 2.76 bits per heavy atom. The molecule has 8 heteroatoms. The molecule has 4 nitrogen and oxygen atoms in total. The first-order valence-corrected chi connectivity index (χ1v) is 8.41. The van der Waals surface area contributed by atoms with Crippen LogP contribution in [0.5, 0.6) is 0 Å². The second-order valence-corrected chi connectivity index (χ2v) is 7.06. The second kappa shape index (κ2) is 7.81. The van der Waals surface area contributed by atoms with E-state index in [0.29, 0.717) is 26.8 Å². The van der Waals surface area contributed by atoms with Gasteiger partial charge in [0.15, 0.2) is 0 Å². The Morgan fingerprint density at radius 2 is 2.19 bits per heavy atom. The van der Waals surface area contributed by atoms with Gasteiger partial charge in [-0.05, 0) is 12.6 Å². The van der Waals surface area contributed by atoms with Gasteiger partial charge < -0.3 is 10.1 Å². The lowest BCUT2D eigenvalue weighted by atomic mass is 10.1. The van der Waals surface area contributed by atoms with Gasteiger partial charge in [0.25, 0.3) is 0 Å². The van der Waals surface area contributed by atoms with Crippen molar-refractivity contribution in [1.29, 1.82) is 0 Å². The van der Waals surface area contributed by atoms with E-state index in [2.05, 4.69) is 10.4 Å². The molecule has 0 aliphatic heterocycles. The standard InChI is InChI=1S/C13H16Cl3N3OS/c1-3-17-11(8-6-10(15)21-13(8)16)12-9(14)7-18-19(12)4-5-20-2/h6-7,11,17H,3-5H2,1-2H3. The Hall–Kier alpha value is -0.300. The average molecular weight is 369 g/mol. The number of hydrogen-bond donors (Lipinski definition) is 1. The monoisotopic (exact) mass is 367 g/mol. The van der Waals surface area contributed by atoms with Crippen molar-refractivity contribution in [2.45, 2.75) is 19.5 Å². The summed E-state index contributed by atoms with van der Waals surface area (Å²) in [6, 6.07) is 1.71. The lowest BCUT2D eigenvalue weighted by Crippen LogP contribution is -2.25. The summed E-state index contributed by atoms with van der Waals surface area (Å²) < 4.78 is 8.25. The fraction of sp³-hybridized carbons (Fsp3) is 0.462. The Labute approximate surface area is 142 Å². The Morgan fingerprint density at radius 1 is 1.43 bits per heavy atom.